The van der Waals surface area contributed by atoms with Gasteiger partial charge in [0.1, 0.15) is 5.56 Å². The first-order valence-electron chi connectivity index (χ1n) is 9.37. The van der Waals surface area contributed by atoms with Gasteiger partial charge >= 0.3 is 0 Å². The first kappa shape index (κ1) is 20.1. The third kappa shape index (κ3) is 5.22. The highest BCUT2D eigenvalue weighted by atomic mass is 16.2. The Balaban J connectivity index is 1.82. The standard InChI is InChI=1S/C22H22N4O3/c1-23-21(28)19-12-18(20(27)9-5-8-16-10-11-24-25-13-16)15-26(22(19)29)14-17-6-3-2-4-7-17/h2-4,6-7,10-13,15H,5,8-9,14H2,1H3,(H,23,28). The zero-order valence-electron chi connectivity index (χ0n) is 16.2. The highest BCUT2D eigenvalue weighted by Gasteiger charge is 2.17. The zero-order valence-corrected chi connectivity index (χ0v) is 16.2. The molecule has 0 radical (unpaired) electrons. The SMILES string of the molecule is CNC(=O)c1cc(C(=O)CCCc2ccnnc2)cn(Cc2ccccc2)c1=O. The number of Topliss-reactive ketones (excluding diaryl/α,β-unsaturated/α-hetero) is 1. The number of carbonyl (C=O) groups excluding carboxylic acids is 2. The number of nitrogens with zero attached hydrogens (tertiary/aromatic N) is 3. The van der Waals surface area contributed by atoms with Crippen molar-refractivity contribution in [3.63, 3.8) is 0 Å². The van der Waals surface area contributed by atoms with Gasteiger partial charge in [0, 0.05) is 31.4 Å². The van der Waals surface area contributed by atoms with E-state index >= 15 is 0 Å². The molecule has 0 saturated carbocycles. The summed E-state index contributed by atoms with van der Waals surface area (Å²) in [6, 6.07) is 12.7. The number of nitrogens with one attached hydrogen (secondary N) is 1. The lowest BCUT2D eigenvalue weighted by Gasteiger charge is -2.11. The molecule has 0 aliphatic carbocycles. The molecule has 0 atom stereocenters. The Kier molecular flexibility index (Phi) is 6.63. The van der Waals surface area contributed by atoms with Crippen molar-refractivity contribution in [1.29, 1.82) is 0 Å². The molecule has 0 bridgehead atoms. The topological polar surface area (TPSA) is 93.9 Å². The zero-order chi connectivity index (χ0) is 20.6. The second kappa shape index (κ2) is 9.54. The van der Waals surface area contributed by atoms with Gasteiger partial charge in [-0.25, -0.2) is 0 Å². The number of rotatable bonds is 8. The molecular weight excluding hydrogens is 368 g/mol. The number of aryl methyl sites for hydroxylation is 1. The maximum Gasteiger partial charge on any atom is 0.263 e. The number of aromatic nitrogens is 3. The van der Waals surface area contributed by atoms with Gasteiger partial charge in [-0.3, -0.25) is 14.4 Å². The fourth-order valence-corrected chi connectivity index (χ4v) is 3.05. The summed E-state index contributed by atoms with van der Waals surface area (Å²) in [4.78, 5) is 37.6. The average molecular weight is 390 g/mol. The van der Waals surface area contributed by atoms with Crippen molar-refractivity contribution >= 4 is 11.7 Å². The minimum Gasteiger partial charge on any atom is -0.355 e. The van der Waals surface area contributed by atoms with E-state index in [2.05, 4.69) is 15.5 Å². The Hall–Kier alpha value is -3.61. The van der Waals surface area contributed by atoms with E-state index in [9.17, 15) is 14.4 Å². The molecule has 0 unspecified atom stereocenters. The van der Waals surface area contributed by atoms with E-state index in [-0.39, 0.29) is 17.9 Å². The lowest BCUT2D eigenvalue weighted by molar-refractivity contribution is 0.0961. The Labute approximate surface area is 168 Å². The maximum atomic E-state index is 12.7. The van der Waals surface area contributed by atoms with E-state index in [1.807, 2.05) is 36.4 Å². The largest absolute Gasteiger partial charge is 0.355 e. The minimum absolute atomic E-state index is 0.0346. The fourth-order valence-electron chi connectivity index (χ4n) is 3.05. The molecule has 1 aromatic carbocycles. The first-order valence-corrected chi connectivity index (χ1v) is 9.37. The van der Waals surface area contributed by atoms with Crippen LogP contribution >= 0.6 is 0 Å². The van der Waals surface area contributed by atoms with Crippen LogP contribution in [0.15, 0.2) is 65.8 Å². The van der Waals surface area contributed by atoms with Gasteiger partial charge in [0.2, 0.25) is 0 Å². The van der Waals surface area contributed by atoms with Gasteiger partial charge in [-0.15, -0.1) is 0 Å². The quantitative estimate of drug-likeness (QED) is 0.596. The van der Waals surface area contributed by atoms with Gasteiger partial charge in [0.05, 0.1) is 12.7 Å². The van der Waals surface area contributed by atoms with Crippen LogP contribution in [0.2, 0.25) is 0 Å². The van der Waals surface area contributed by atoms with Crippen molar-refractivity contribution in [2.45, 2.75) is 25.8 Å². The lowest BCUT2D eigenvalue weighted by Crippen LogP contribution is -2.32. The number of ketones is 1. The normalized spacial score (nSPS) is 10.5. The molecular formula is C22H22N4O3. The van der Waals surface area contributed by atoms with Crippen LogP contribution in [0.1, 0.15) is 44.7 Å². The molecule has 0 saturated heterocycles. The predicted octanol–water partition coefficient (Wildman–Crippen LogP) is 2.25. The number of hydrogen-bond acceptors (Lipinski definition) is 5. The molecule has 0 spiro atoms. The second-order valence-corrected chi connectivity index (χ2v) is 6.67. The Morgan fingerprint density at radius 2 is 1.86 bits per heavy atom. The van der Waals surface area contributed by atoms with Crippen molar-refractivity contribution in [2.75, 3.05) is 7.05 Å². The van der Waals surface area contributed by atoms with Crippen molar-refractivity contribution in [1.82, 2.24) is 20.1 Å². The number of hydrogen-bond donors (Lipinski definition) is 1. The van der Waals surface area contributed by atoms with Crippen molar-refractivity contribution < 1.29 is 9.59 Å². The summed E-state index contributed by atoms with van der Waals surface area (Å²) in [5, 5.41) is 10.0. The van der Waals surface area contributed by atoms with Crippen molar-refractivity contribution in [3.8, 4) is 0 Å². The van der Waals surface area contributed by atoms with Crippen LogP contribution in [0.3, 0.4) is 0 Å². The van der Waals surface area contributed by atoms with Gasteiger partial charge in [-0.05, 0) is 36.1 Å². The van der Waals surface area contributed by atoms with E-state index in [0.717, 1.165) is 11.1 Å². The molecule has 0 aliphatic rings. The average Bonchev–Trinajstić information content (AvgIpc) is 2.76. The van der Waals surface area contributed by atoms with Crippen LogP contribution in [0, 0.1) is 0 Å². The van der Waals surface area contributed by atoms with E-state index in [1.54, 1.807) is 12.4 Å². The Morgan fingerprint density at radius 3 is 2.55 bits per heavy atom. The van der Waals surface area contributed by atoms with E-state index in [4.69, 9.17) is 0 Å². The van der Waals surface area contributed by atoms with E-state index < -0.39 is 11.5 Å². The van der Waals surface area contributed by atoms with E-state index in [1.165, 1.54) is 23.9 Å². The molecule has 7 nitrogen and oxygen atoms in total. The molecule has 2 heterocycles. The van der Waals surface area contributed by atoms with Crippen molar-refractivity contribution in [3.05, 3.63) is 93.7 Å². The smallest absolute Gasteiger partial charge is 0.263 e. The Morgan fingerprint density at radius 1 is 1.07 bits per heavy atom. The molecule has 29 heavy (non-hydrogen) atoms. The van der Waals surface area contributed by atoms with Crippen LogP contribution in [-0.2, 0) is 13.0 Å². The van der Waals surface area contributed by atoms with E-state index in [0.29, 0.717) is 24.8 Å². The summed E-state index contributed by atoms with van der Waals surface area (Å²) in [6.07, 6.45) is 6.47. The van der Waals surface area contributed by atoms with Crippen LogP contribution in [0.25, 0.3) is 0 Å². The highest BCUT2D eigenvalue weighted by Crippen LogP contribution is 2.11. The molecule has 7 heteroatoms. The molecule has 1 N–H and O–H groups in total. The predicted molar refractivity (Wildman–Crippen MR) is 109 cm³/mol. The number of benzene rings is 1. The molecule has 148 valence electrons. The molecule has 0 aliphatic heterocycles. The summed E-state index contributed by atoms with van der Waals surface area (Å²) in [7, 11) is 1.46. The monoisotopic (exact) mass is 390 g/mol. The summed E-state index contributed by atoms with van der Waals surface area (Å²) in [5.74, 6) is -0.617. The molecule has 3 rings (SSSR count). The molecule has 0 fully saturated rings. The second-order valence-electron chi connectivity index (χ2n) is 6.67. The Bertz CT molecular complexity index is 1050. The summed E-state index contributed by atoms with van der Waals surface area (Å²) in [6.45, 7) is 0.285. The third-order valence-electron chi connectivity index (χ3n) is 4.59. The van der Waals surface area contributed by atoms with Gasteiger partial charge in [0.15, 0.2) is 5.78 Å². The fraction of sp³-hybridized carbons (Fsp3) is 0.227. The molecule has 3 aromatic rings. The van der Waals surface area contributed by atoms with Crippen LogP contribution < -0.4 is 10.9 Å². The highest BCUT2D eigenvalue weighted by molar-refractivity contribution is 6.00. The minimum atomic E-state index is -0.505. The molecule has 2 aromatic heterocycles. The summed E-state index contributed by atoms with van der Waals surface area (Å²) < 4.78 is 1.42. The third-order valence-corrected chi connectivity index (χ3v) is 4.59. The van der Waals surface area contributed by atoms with Gasteiger partial charge in [-0.2, -0.15) is 10.2 Å². The summed E-state index contributed by atoms with van der Waals surface area (Å²) in [5.41, 5.74) is 1.81. The number of amides is 1. The van der Waals surface area contributed by atoms with Gasteiger partial charge in [0.25, 0.3) is 11.5 Å². The molecule has 1 amide bonds. The lowest BCUT2D eigenvalue weighted by atomic mass is 10.0. The van der Waals surface area contributed by atoms with Gasteiger partial charge < -0.3 is 9.88 Å². The maximum absolute atomic E-state index is 12.7. The number of carbonyl (C=O) groups is 2. The van der Waals surface area contributed by atoms with Crippen LogP contribution in [-0.4, -0.2) is 33.5 Å². The summed E-state index contributed by atoms with van der Waals surface area (Å²) >= 11 is 0. The number of pyridine rings is 1. The first-order chi connectivity index (χ1) is 14.1. The van der Waals surface area contributed by atoms with Crippen LogP contribution in [0.4, 0.5) is 0 Å². The van der Waals surface area contributed by atoms with Gasteiger partial charge in [-0.1, -0.05) is 30.3 Å². The van der Waals surface area contributed by atoms with Crippen LogP contribution in [0.5, 0.6) is 0 Å². The van der Waals surface area contributed by atoms with Crippen molar-refractivity contribution in [2.24, 2.45) is 0 Å².